The Morgan fingerprint density at radius 1 is 1.33 bits per heavy atom. The summed E-state index contributed by atoms with van der Waals surface area (Å²) >= 11 is 0. The highest BCUT2D eigenvalue weighted by molar-refractivity contribution is 4.84. The van der Waals surface area contributed by atoms with Crippen molar-refractivity contribution in [3.63, 3.8) is 0 Å². The van der Waals surface area contributed by atoms with Gasteiger partial charge in [0, 0.05) is 18.5 Å². The van der Waals surface area contributed by atoms with Crippen molar-refractivity contribution < 1.29 is 13.2 Å². The molecule has 1 aliphatic rings. The van der Waals surface area contributed by atoms with Gasteiger partial charge in [-0.1, -0.05) is 6.92 Å². The summed E-state index contributed by atoms with van der Waals surface area (Å²) in [4.78, 5) is 0. The van der Waals surface area contributed by atoms with E-state index in [-0.39, 0.29) is 12.5 Å². The van der Waals surface area contributed by atoms with Gasteiger partial charge in [0.25, 0.3) is 0 Å². The van der Waals surface area contributed by atoms with E-state index in [2.05, 4.69) is 12.2 Å². The Labute approximate surface area is 89.4 Å². The first-order chi connectivity index (χ1) is 6.87. The molecule has 0 aromatic heterocycles. The molecule has 0 saturated heterocycles. The zero-order valence-electron chi connectivity index (χ0n) is 9.40. The Hall–Kier alpha value is -0.250. The van der Waals surface area contributed by atoms with Gasteiger partial charge in [-0.15, -0.1) is 0 Å². The average Bonchev–Trinajstić information content (AvgIpc) is 1.98. The predicted octanol–water partition coefficient (Wildman–Crippen LogP) is 3.50. The average molecular weight is 223 g/mol. The summed E-state index contributed by atoms with van der Waals surface area (Å²) in [5.74, 6) is 0.782. The Kier molecular flexibility index (Phi) is 4.44. The van der Waals surface area contributed by atoms with Crippen LogP contribution in [-0.2, 0) is 0 Å². The quantitative estimate of drug-likeness (QED) is 0.752. The third-order valence-corrected chi connectivity index (χ3v) is 2.99. The summed E-state index contributed by atoms with van der Waals surface area (Å²) in [5, 5.41) is 3.37. The number of halogens is 3. The van der Waals surface area contributed by atoms with E-state index in [1.165, 1.54) is 12.8 Å². The molecule has 4 heteroatoms. The van der Waals surface area contributed by atoms with Crippen molar-refractivity contribution in [2.45, 2.75) is 64.2 Å². The van der Waals surface area contributed by atoms with Gasteiger partial charge < -0.3 is 5.32 Å². The standard InChI is InChI=1S/C11H20F3N/c1-8-6-10(7-8)15-9(2)4-3-5-11(12,13)14/h8-10,15H,3-7H2,1-2H3. The molecule has 1 fully saturated rings. The normalized spacial score (nSPS) is 28.6. The maximum absolute atomic E-state index is 11.9. The second kappa shape index (κ2) is 5.19. The van der Waals surface area contributed by atoms with E-state index in [0.717, 1.165) is 5.92 Å². The third-order valence-electron chi connectivity index (χ3n) is 2.99. The first-order valence-electron chi connectivity index (χ1n) is 5.69. The van der Waals surface area contributed by atoms with Gasteiger partial charge >= 0.3 is 6.18 Å². The molecule has 1 nitrogen and oxygen atoms in total. The summed E-state index contributed by atoms with van der Waals surface area (Å²) in [5.41, 5.74) is 0. The summed E-state index contributed by atoms with van der Waals surface area (Å²) < 4.78 is 35.6. The van der Waals surface area contributed by atoms with Crippen LogP contribution in [0.5, 0.6) is 0 Å². The third kappa shape index (κ3) is 5.40. The zero-order chi connectivity index (χ0) is 11.5. The fourth-order valence-corrected chi connectivity index (χ4v) is 2.13. The minimum absolute atomic E-state index is 0.213. The molecule has 1 unspecified atom stereocenters. The molecule has 0 aromatic carbocycles. The minimum atomic E-state index is -4.00. The van der Waals surface area contributed by atoms with Crippen LogP contribution in [-0.4, -0.2) is 18.3 Å². The molecule has 1 rings (SSSR count). The van der Waals surface area contributed by atoms with Gasteiger partial charge in [0.05, 0.1) is 0 Å². The van der Waals surface area contributed by atoms with E-state index < -0.39 is 12.6 Å². The number of nitrogens with one attached hydrogen (secondary N) is 1. The van der Waals surface area contributed by atoms with Gasteiger partial charge in [-0.3, -0.25) is 0 Å². The molecule has 1 atom stereocenters. The predicted molar refractivity (Wildman–Crippen MR) is 54.7 cm³/mol. The van der Waals surface area contributed by atoms with E-state index >= 15 is 0 Å². The number of alkyl halides is 3. The van der Waals surface area contributed by atoms with E-state index in [1.54, 1.807) is 0 Å². The van der Waals surface area contributed by atoms with Crippen LogP contribution < -0.4 is 5.32 Å². The lowest BCUT2D eigenvalue weighted by molar-refractivity contribution is -0.135. The molecule has 0 aliphatic heterocycles. The molecule has 90 valence electrons. The molecule has 0 radical (unpaired) electrons. The highest BCUT2D eigenvalue weighted by Gasteiger charge is 2.28. The van der Waals surface area contributed by atoms with Crippen LogP contribution in [0.1, 0.15) is 46.0 Å². The van der Waals surface area contributed by atoms with Gasteiger partial charge in [0.15, 0.2) is 0 Å². The zero-order valence-corrected chi connectivity index (χ0v) is 9.40. The molecule has 0 amide bonds. The summed E-state index contributed by atoms with van der Waals surface area (Å²) in [6.07, 6.45) is -1.46. The fraction of sp³-hybridized carbons (Fsp3) is 1.00. The Morgan fingerprint density at radius 3 is 2.40 bits per heavy atom. The van der Waals surface area contributed by atoms with E-state index in [0.29, 0.717) is 12.5 Å². The molecule has 1 N–H and O–H groups in total. The highest BCUT2D eigenvalue weighted by Crippen LogP contribution is 2.27. The first-order valence-corrected chi connectivity index (χ1v) is 5.69. The maximum atomic E-state index is 11.9. The number of hydrogen-bond acceptors (Lipinski definition) is 1. The smallest absolute Gasteiger partial charge is 0.311 e. The monoisotopic (exact) mass is 223 g/mol. The van der Waals surface area contributed by atoms with E-state index in [9.17, 15) is 13.2 Å². The van der Waals surface area contributed by atoms with Crippen molar-refractivity contribution in [2.75, 3.05) is 0 Å². The van der Waals surface area contributed by atoms with Gasteiger partial charge in [0.1, 0.15) is 0 Å². The van der Waals surface area contributed by atoms with Crippen LogP contribution in [0.3, 0.4) is 0 Å². The van der Waals surface area contributed by atoms with Gasteiger partial charge in [-0.2, -0.15) is 13.2 Å². The Morgan fingerprint density at radius 2 is 1.93 bits per heavy atom. The Bertz CT molecular complexity index is 185. The fourth-order valence-electron chi connectivity index (χ4n) is 2.13. The molecule has 1 aliphatic carbocycles. The van der Waals surface area contributed by atoms with E-state index in [4.69, 9.17) is 0 Å². The van der Waals surface area contributed by atoms with Crippen molar-refractivity contribution in [2.24, 2.45) is 5.92 Å². The summed E-state index contributed by atoms with van der Waals surface area (Å²) in [6.45, 7) is 4.17. The topological polar surface area (TPSA) is 12.0 Å². The molecular formula is C11H20F3N. The van der Waals surface area contributed by atoms with Crippen LogP contribution in [0.15, 0.2) is 0 Å². The number of rotatable bonds is 5. The van der Waals surface area contributed by atoms with Crippen LogP contribution in [0.25, 0.3) is 0 Å². The lowest BCUT2D eigenvalue weighted by Gasteiger charge is -2.35. The maximum Gasteiger partial charge on any atom is 0.389 e. The number of hydrogen-bond donors (Lipinski definition) is 1. The second-order valence-corrected chi connectivity index (χ2v) is 4.85. The van der Waals surface area contributed by atoms with Crippen LogP contribution in [0.4, 0.5) is 13.2 Å². The molecular weight excluding hydrogens is 203 g/mol. The summed E-state index contributed by atoms with van der Waals surface area (Å²) in [7, 11) is 0. The SMILES string of the molecule is CC1CC(NC(C)CCCC(F)(F)F)C1. The van der Waals surface area contributed by atoms with Crippen molar-refractivity contribution in [1.29, 1.82) is 0 Å². The van der Waals surface area contributed by atoms with Gasteiger partial charge in [0.2, 0.25) is 0 Å². The Balaban J connectivity index is 2.01. The molecule has 0 bridgehead atoms. The lowest BCUT2D eigenvalue weighted by atomic mass is 9.81. The van der Waals surface area contributed by atoms with Crippen LogP contribution >= 0.6 is 0 Å². The van der Waals surface area contributed by atoms with Crippen molar-refractivity contribution in [1.82, 2.24) is 5.32 Å². The minimum Gasteiger partial charge on any atom is -0.311 e. The van der Waals surface area contributed by atoms with Crippen LogP contribution in [0.2, 0.25) is 0 Å². The largest absolute Gasteiger partial charge is 0.389 e. The van der Waals surface area contributed by atoms with Crippen molar-refractivity contribution in [3.05, 3.63) is 0 Å². The molecule has 0 spiro atoms. The van der Waals surface area contributed by atoms with Gasteiger partial charge in [-0.05, 0) is 38.5 Å². The lowest BCUT2D eigenvalue weighted by Crippen LogP contribution is -2.44. The van der Waals surface area contributed by atoms with Crippen LogP contribution in [0, 0.1) is 5.92 Å². The summed E-state index contributed by atoms with van der Waals surface area (Å²) in [6, 6.07) is 0.755. The van der Waals surface area contributed by atoms with Crippen molar-refractivity contribution in [3.8, 4) is 0 Å². The first kappa shape index (κ1) is 12.8. The highest BCUT2D eigenvalue weighted by atomic mass is 19.4. The van der Waals surface area contributed by atoms with Gasteiger partial charge in [-0.25, -0.2) is 0 Å². The molecule has 0 aromatic rings. The molecule has 1 saturated carbocycles. The second-order valence-electron chi connectivity index (χ2n) is 4.85. The molecule has 15 heavy (non-hydrogen) atoms. The molecule has 0 heterocycles. The van der Waals surface area contributed by atoms with Crippen molar-refractivity contribution >= 4 is 0 Å². The van der Waals surface area contributed by atoms with E-state index in [1.807, 2.05) is 6.92 Å².